The van der Waals surface area contributed by atoms with E-state index in [1.54, 1.807) is 7.11 Å². The molecule has 1 atom stereocenters. The lowest BCUT2D eigenvalue weighted by atomic mass is 10.0. The van der Waals surface area contributed by atoms with Crippen molar-refractivity contribution in [3.8, 4) is 5.75 Å². The van der Waals surface area contributed by atoms with E-state index in [0.717, 1.165) is 30.0 Å². The molecule has 0 saturated carbocycles. The molecule has 1 heterocycles. The first-order chi connectivity index (χ1) is 9.67. The van der Waals surface area contributed by atoms with Crippen LogP contribution in [-0.2, 0) is 0 Å². The molecule has 0 aromatic heterocycles. The quantitative estimate of drug-likeness (QED) is 0.655. The Hall–Kier alpha value is -1.71. The van der Waals surface area contributed by atoms with Crippen LogP contribution in [0.4, 0.5) is 5.69 Å². The normalized spacial score (nSPS) is 19.5. The molecule has 2 rings (SSSR count). The molecule has 0 radical (unpaired) electrons. The molecule has 1 aromatic rings. The predicted octanol–water partition coefficient (Wildman–Crippen LogP) is 3.14. The first-order valence-electron chi connectivity index (χ1n) is 7.46. The predicted molar refractivity (Wildman–Crippen MR) is 83.9 cm³/mol. The first-order valence-corrected chi connectivity index (χ1v) is 7.46. The summed E-state index contributed by atoms with van der Waals surface area (Å²) in [5.74, 6) is 0.950. The summed E-state index contributed by atoms with van der Waals surface area (Å²) in [6, 6.07) is 6.32. The van der Waals surface area contributed by atoms with E-state index in [1.807, 2.05) is 18.2 Å². The van der Waals surface area contributed by atoms with Gasteiger partial charge in [0.2, 0.25) is 0 Å². The molecule has 20 heavy (non-hydrogen) atoms. The third kappa shape index (κ3) is 3.06. The molecule has 3 N–H and O–H groups in total. The average molecular weight is 275 g/mol. The summed E-state index contributed by atoms with van der Waals surface area (Å²) in [6.45, 7) is 3.27. The lowest BCUT2D eigenvalue weighted by Gasteiger charge is -2.33. The zero-order chi connectivity index (χ0) is 14.5. The van der Waals surface area contributed by atoms with Crippen LogP contribution in [0.5, 0.6) is 5.75 Å². The molecular weight excluding hydrogens is 250 g/mol. The number of hydrogen-bond acceptors (Lipinski definition) is 3. The Kier molecular flexibility index (Phi) is 4.88. The van der Waals surface area contributed by atoms with Gasteiger partial charge in [-0.15, -0.1) is 0 Å². The van der Waals surface area contributed by atoms with Crippen LogP contribution in [0.1, 0.15) is 44.6 Å². The van der Waals surface area contributed by atoms with Gasteiger partial charge in [0.05, 0.1) is 12.8 Å². The van der Waals surface area contributed by atoms with E-state index in [4.69, 9.17) is 15.9 Å². The summed E-state index contributed by atoms with van der Waals surface area (Å²) >= 11 is 0. The Labute approximate surface area is 121 Å². The maximum Gasteiger partial charge on any atom is 0.124 e. The van der Waals surface area contributed by atoms with E-state index in [0.29, 0.717) is 6.04 Å². The molecule has 0 spiro atoms. The Morgan fingerprint density at radius 3 is 2.85 bits per heavy atom. The summed E-state index contributed by atoms with van der Waals surface area (Å²) in [6.07, 6.45) is 6.10. The molecule has 1 unspecified atom stereocenters. The van der Waals surface area contributed by atoms with Gasteiger partial charge in [-0.2, -0.15) is 0 Å². The van der Waals surface area contributed by atoms with Crippen LogP contribution in [0, 0.1) is 5.41 Å². The number of nitrogens with two attached hydrogens (primary N) is 1. The smallest absolute Gasteiger partial charge is 0.124 e. The Bertz CT molecular complexity index is 473. The van der Waals surface area contributed by atoms with E-state index in [9.17, 15) is 0 Å². The van der Waals surface area contributed by atoms with Crippen molar-refractivity contribution in [3.05, 3.63) is 23.8 Å². The molecule has 110 valence electrons. The number of nitrogens with one attached hydrogen (secondary N) is 1. The van der Waals surface area contributed by atoms with Gasteiger partial charge in [-0.1, -0.05) is 19.8 Å². The van der Waals surface area contributed by atoms with E-state index < -0.39 is 0 Å². The van der Waals surface area contributed by atoms with Crippen LogP contribution in [0.3, 0.4) is 0 Å². The Morgan fingerprint density at radius 2 is 2.20 bits per heavy atom. The summed E-state index contributed by atoms with van der Waals surface area (Å²) in [4.78, 5) is 2.42. The lowest BCUT2D eigenvalue weighted by Crippen LogP contribution is -2.36. The van der Waals surface area contributed by atoms with Gasteiger partial charge in [-0.25, -0.2) is 0 Å². The van der Waals surface area contributed by atoms with Gasteiger partial charge in [-0.05, 0) is 31.4 Å². The van der Waals surface area contributed by atoms with Crippen molar-refractivity contribution < 1.29 is 4.74 Å². The molecule has 0 bridgehead atoms. The molecule has 4 heteroatoms. The maximum atomic E-state index is 7.81. The number of benzene rings is 1. The molecule has 1 fully saturated rings. The zero-order valence-electron chi connectivity index (χ0n) is 12.5. The summed E-state index contributed by atoms with van der Waals surface area (Å²) in [5, 5.41) is 7.81. The van der Waals surface area contributed by atoms with E-state index in [1.165, 1.54) is 25.7 Å². The van der Waals surface area contributed by atoms with Gasteiger partial charge in [0, 0.05) is 24.2 Å². The van der Waals surface area contributed by atoms with Gasteiger partial charge >= 0.3 is 0 Å². The van der Waals surface area contributed by atoms with E-state index in [2.05, 4.69) is 11.8 Å². The number of amidine groups is 1. The summed E-state index contributed by atoms with van der Waals surface area (Å²) in [7, 11) is 1.67. The highest BCUT2D eigenvalue weighted by Crippen LogP contribution is 2.31. The second-order valence-corrected chi connectivity index (χ2v) is 5.40. The highest BCUT2D eigenvalue weighted by molar-refractivity contribution is 6.00. The number of hydrogen-bond donors (Lipinski definition) is 2. The fourth-order valence-corrected chi connectivity index (χ4v) is 3.02. The van der Waals surface area contributed by atoms with Crippen molar-refractivity contribution in [1.29, 1.82) is 5.41 Å². The third-order valence-electron chi connectivity index (χ3n) is 4.15. The fourth-order valence-electron chi connectivity index (χ4n) is 3.02. The van der Waals surface area contributed by atoms with Crippen LogP contribution in [0.25, 0.3) is 0 Å². The number of nitrogens with zero attached hydrogens (tertiary/aromatic N) is 1. The van der Waals surface area contributed by atoms with Crippen molar-refractivity contribution in [2.75, 3.05) is 18.6 Å². The van der Waals surface area contributed by atoms with Crippen molar-refractivity contribution in [1.82, 2.24) is 0 Å². The monoisotopic (exact) mass is 275 g/mol. The molecule has 1 aliphatic heterocycles. The molecule has 1 aromatic carbocycles. The largest absolute Gasteiger partial charge is 0.497 e. The number of rotatable bonds is 4. The average Bonchev–Trinajstić information content (AvgIpc) is 2.71. The molecule has 0 aliphatic carbocycles. The minimum atomic E-state index is 0.127. The van der Waals surface area contributed by atoms with Gasteiger partial charge in [0.25, 0.3) is 0 Å². The number of nitrogen functional groups attached to an aromatic ring is 1. The Balaban J connectivity index is 2.43. The number of ether oxygens (including phenoxy) is 1. The standard InChI is InChI=1S/C16H25N3O/c1-3-12-7-5-4-6-10-19(12)15-11-13(20-2)8-9-14(15)16(17)18/h8-9,11-12H,3-7,10H2,1-2H3,(H3,17,18). The highest BCUT2D eigenvalue weighted by atomic mass is 16.5. The molecular formula is C16H25N3O. The second-order valence-electron chi connectivity index (χ2n) is 5.40. The van der Waals surface area contributed by atoms with Gasteiger partial charge < -0.3 is 15.4 Å². The van der Waals surface area contributed by atoms with Crippen molar-refractivity contribution in [2.45, 2.75) is 45.1 Å². The topological polar surface area (TPSA) is 62.3 Å². The molecule has 1 saturated heterocycles. The van der Waals surface area contributed by atoms with Crippen LogP contribution in [-0.4, -0.2) is 25.5 Å². The number of methoxy groups -OCH3 is 1. The van der Waals surface area contributed by atoms with Crippen molar-refractivity contribution in [3.63, 3.8) is 0 Å². The fraction of sp³-hybridized carbons (Fsp3) is 0.562. The van der Waals surface area contributed by atoms with Crippen LogP contribution < -0.4 is 15.4 Å². The maximum absolute atomic E-state index is 7.81. The van der Waals surface area contributed by atoms with Crippen molar-refractivity contribution in [2.24, 2.45) is 5.73 Å². The minimum absolute atomic E-state index is 0.127. The van der Waals surface area contributed by atoms with Gasteiger partial charge in [-0.3, -0.25) is 5.41 Å². The molecule has 4 nitrogen and oxygen atoms in total. The summed E-state index contributed by atoms with van der Waals surface area (Å²) < 4.78 is 5.34. The SMILES string of the molecule is CCC1CCCCCN1c1cc(OC)ccc1C(=N)N. The van der Waals surface area contributed by atoms with E-state index >= 15 is 0 Å². The third-order valence-corrected chi connectivity index (χ3v) is 4.15. The van der Waals surface area contributed by atoms with Crippen LogP contribution in [0.2, 0.25) is 0 Å². The van der Waals surface area contributed by atoms with E-state index in [-0.39, 0.29) is 5.84 Å². The molecule has 1 aliphatic rings. The number of anilines is 1. The van der Waals surface area contributed by atoms with Crippen LogP contribution in [0.15, 0.2) is 18.2 Å². The van der Waals surface area contributed by atoms with Gasteiger partial charge in [0.1, 0.15) is 11.6 Å². The zero-order valence-corrected chi connectivity index (χ0v) is 12.5. The second kappa shape index (κ2) is 6.64. The first kappa shape index (κ1) is 14.7. The lowest BCUT2D eigenvalue weighted by molar-refractivity contribution is 0.414. The van der Waals surface area contributed by atoms with Crippen molar-refractivity contribution >= 4 is 11.5 Å². The molecule has 0 amide bonds. The Morgan fingerprint density at radius 1 is 1.40 bits per heavy atom. The summed E-state index contributed by atoms with van der Waals surface area (Å²) in [5.41, 5.74) is 7.61. The highest BCUT2D eigenvalue weighted by Gasteiger charge is 2.23. The van der Waals surface area contributed by atoms with Crippen LogP contribution >= 0.6 is 0 Å². The van der Waals surface area contributed by atoms with Gasteiger partial charge in [0.15, 0.2) is 0 Å². The minimum Gasteiger partial charge on any atom is -0.497 e.